The lowest BCUT2D eigenvalue weighted by Gasteiger charge is -2.19. The van der Waals surface area contributed by atoms with Crippen LogP contribution in [0.3, 0.4) is 0 Å². The number of furan rings is 1. The van der Waals surface area contributed by atoms with Crippen molar-refractivity contribution in [3.05, 3.63) is 52.7 Å². The zero-order valence-electron chi connectivity index (χ0n) is 15.6. The monoisotopic (exact) mass is 357 g/mol. The van der Waals surface area contributed by atoms with Gasteiger partial charge in [0.25, 0.3) is 5.91 Å². The smallest absolute Gasteiger partial charge is 0.287 e. The van der Waals surface area contributed by atoms with Crippen molar-refractivity contribution in [2.24, 2.45) is 5.10 Å². The van der Waals surface area contributed by atoms with Crippen LogP contribution in [0.1, 0.15) is 61.1 Å². The van der Waals surface area contributed by atoms with Gasteiger partial charge in [-0.3, -0.25) is 10.2 Å². The second kappa shape index (κ2) is 6.94. The van der Waals surface area contributed by atoms with Gasteiger partial charge >= 0.3 is 0 Å². The Morgan fingerprint density at radius 1 is 1.19 bits per heavy atom. The number of nitrogens with one attached hydrogen (secondary N) is 2. The third-order valence-electron chi connectivity index (χ3n) is 4.18. The van der Waals surface area contributed by atoms with Gasteiger partial charge in [-0.05, 0) is 64.8 Å². The molecule has 0 bridgehead atoms. The van der Waals surface area contributed by atoms with Crippen LogP contribution in [0.5, 0.6) is 0 Å². The Kier molecular flexibility index (Phi) is 4.85. The van der Waals surface area contributed by atoms with Gasteiger partial charge in [-0.15, -0.1) is 0 Å². The summed E-state index contributed by atoms with van der Waals surface area (Å²) in [6, 6.07) is 6.03. The maximum Gasteiger partial charge on any atom is 0.287 e. The van der Waals surface area contributed by atoms with E-state index in [1.165, 1.54) is 12.1 Å². The van der Waals surface area contributed by atoms with E-state index in [2.05, 4.69) is 15.8 Å². The summed E-state index contributed by atoms with van der Waals surface area (Å²) in [7, 11) is 0. The molecular formula is C20H24FN3O2. The molecule has 0 aliphatic heterocycles. The predicted molar refractivity (Wildman–Crippen MR) is 100 cm³/mol. The largest absolute Gasteiger partial charge is 0.455 e. The van der Waals surface area contributed by atoms with Crippen molar-refractivity contribution in [3.8, 4) is 0 Å². The maximum absolute atomic E-state index is 13.0. The number of halogens is 1. The first-order chi connectivity index (χ1) is 12.2. The lowest BCUT2D eigenvalue weighted by molar-refractivity contribution is 0.0888. The molecule has 1 aliphatic rings. The number of hydrogen-bond donors (Lipinski definition) is 2. The molecule has 2 N–H and O–H groups in total. The Balaban J connectivity index is 1.88. The van der Waals surface area contributed by atoms with E-state index in [0.29, 0.717) is 11.4 Å². The molecule has 0 unspecified atom stereocenters. The van der Waals surface area contributed by atoms with Gasteiger partial charge in [-0.25, -0.2) is 4.39 Å². The highest BCUT2D eigenvalue weighted by Gasteiger charge is 2.29. The van der Waals surface area contributed by atoms with Crippen molar-refractivity contribution >= 4 is 17.3 Å². The van der Waals surface area contributed by atoms with Crippen LogP contribution in [0.25, 0.3) is 0 Å². The van der Waals surface area contributed by atoms with E-state index in [1.807, 2.05) is 27.7 Å². The molecule has 2 aromatic rings. The lowest BCUT2D eigenvalue weighted by atomic mass is 9.93. The Hall–Kier alpha value is -2.63. The minimum atomic E-state index is -0.335. The van der Waals surface area contributed by atoms with Crippen molar-refractivity contribution in [2.75, 3.05) is 5.43 Å². The molecule has 26 heavy (non-hydrogen) atoms. The number of benzene rings is 1. The van der Waals surface area contributed by atoms with Crippen LogP contribution in [-0.4, -0.2) is 17.2 Å². The SMILES string of the molecule is Cc1c(C(=O)NC(C)(C)C)oc2c1/C(=N/Nc1ccc(F)cc1)CCC2. The number of carbonyl (C=O) groups excluding carboxylic acids is 1. The van der Waals surface area contributed by atoms with Gasteiger partial charge in [-0.2, -0.15) is 5.10 Å². The Morgan fingerprint density at radius 2 is 1.88 bits per heavy atom. The molecule has 1 aliphatic carbocycles. The zero-order chi connectivity index (χ0) is 18.9. The van der Waals surface area contributed by atoms with Crippen LogP contribution in [0, 0.1) is 12.7 Å². The predicted octanol–water partition coefficient (Wildman–Crippen LogP) is 4.41. The van der Waals surface area contributed by atoms with Crippen molar-refractivity contribution in [1.29, 1.82) is 0 Å². The summed E-state index contributed by atoms with van der Waals surface area (Å²) in [5, 5.41) is 7.42. The van der Waals surface area contributed by atoms with Crippen molar-refractivity contribution in [1.82, 2.24) is 5.32 Å². The van der Waals surface area contributed by atoms with Crippen LogP contribution >= 0.6 is 0 Å². The van der Waals surface area contributed by atoms with E-state index in [-0.39, 0.29) is 17.3 Å². The zero-order valence-corrected chi connectivity index (χ0v) is 15.6. The number of hydrogen-bond acceptors (Lipinski definition) is 4. The minimum Gasteiger partial charge on any atom is -0.455 e. The van der Waals surface area contributed by atoms with Crippen LogP contribution in [0.2, 0.25) is 0 Å². The van der Waals surface area contributed by atoms with Gasteiger partial charge in [0, 0.05) is 23.1 Å². The van der Waals surface area contributed by atoms with Gasteiger partial charge in [0.05, 0.1) is 11.4 Å². The molecule has 0 radical (unpaired) electrons. The van der Waals surface area contributed by atoms with E-state index < -0.39 is 0 Å². The van der Waals surface area contributed by atoms with Gasteiger partial charge in [0.1, 0.15) is 11.6 Å². The number of hydrazone groups is 1. The lowest BCUT2D eigenvalue weighted by Crippen LogP contribution is -2.40. The third-order valence-corrected chi connectivity index (χ3v) is 4.18. The fraction of sp³-hybridized carbons (Fsp3) is 0.400. The van der Waals surface area contributed by atoms with E-state index in [1.54, 1.807) is 12.1 Å². The average molecular weight is 357 g/mol. The quantitative estimate of drug-likeness (QED) is 0.800. The highest BCUT2D eigenvalue weighted by atomic mass is 19.1. The summed E-state index contributed by atoms with van der Waals surface area (Å²) in [4.78, 5) is 12.5. The third kappa shape index (κ3) is 3.95. The first-order valence-electron chi connectivity index (χ1n) is 8.78. The van der Waals surface area contributed by atoms with E-state index >= 15 is 0 Å². The van der Waals surface area contributed by atoms with Crippen LogP contribution in [-0.2, 0) is 6.42 Å². The van der Waals surface area contributed by atoms with Gasteiger partial charge in [-0.1, -0.05) is 0 Å². The molecule has 0 fully saturated rings. The molecule has 6 heteroatoms. The summed E-state index contributed by atoms with van der Waals surface area (Å²) in [5.74, 6) is 0.646. The summed E-state index contributed by atoms with van der Waals surface area (Å²) >= 11 is 0. The first-order valence-corrected chi connectivity index (χ1v) is 8.78. The summed E-state index contributed by atoms with van der Waals surface area (Å²) in [6.45, 7) is 7.69. The molecule has 0 atom stereocenters. The summed E-state index contributed by atoms with van der Waals surface area (Å²) in [6.07, 6.45) is 2.49. The molecule has 1 aromatic heterocycles. The summed E-state index contributed by atoms with van der Waals surface area (Å²) < 4.78 is 18.9. The topological polar surface area (TPSA) is 66.6 Å². The normalized spacial score (nSPS) is 15.7. The molecule has 0 saturated heterocycles. The molecule has 0 saturated carbocycles. The Bertz CT molecular complexity index is 845. The minimum absolute atomic E-state index is 0.213. The molecular weight excluding hydrogens is 333 g/mol. The molecule has 3 rings (SSSR count). The number of rotatable bonds is 3. The Morgan fingerprint density at radius 3 is 2.54 bits per heavy atom. The van der Waals surface area contributed by atoms with Crippen molar-refractivity contribution < 1.29 is 13.6 Å². The molecule has 1 heterocycles. The second-order valence-electron chi connectivity index (χ2n) is 7.59. The molecule has 5 nitrogen and oxygen atoms in total. The van der Waals surface area contributed by atoms with E-state index in [9.17, 15) is 9.18 Å². The second-order valence-corrected chi connectivity index (χ2v) is 7.59. The maximum atomic E-state index is 13.0. The average Bonchev–Trinajstić information content (AvgIpc) is 2.91. The van der Waals surface area contributed by atoms with Crippen molar-refractivity contribution in [3.63, 3.8) is 0 Å². The Labute approximate surface area is 152 Å². The highest BCUT2D eigenvalue weighted by Crippen LogP contribution is 2.30. The van der Waals surface area contributed by atoms with Gasteiger partial charge in [0.15, 0.2) is 5.76 Å². The van der Waals surface area contributed by atoms with Gasteiger partial charge in [0.2, 0.25) is 0 Å². The molecule has 0 spiro atoms. The van der Waals surface area contributed by atoms with Gasteiger partial charge < -0.3 is 9.73 Å². The van der Waals surface area contributed by atoms with Crippen molar-refractivity contribution in [2.45, 2.75) is 52.5 Å². The number of amides is 1. The van der Waals surface area contributed by atoms with Crippen LogP contribution in [0.15, 0.2) is 33.8 Å². The first kappa shape index (κ1) is 18.2. The summed E-state index contributed by atoms with van der Waals surface area (Å²) in [5.41, 5.74) is 5.90. The van der Waals surface area contributed by atoms with E-state index in [4.69, 9.17) is 4.42 Å². The number of aryl methyl sites for hydroxylation is 1. The van der Waals surface area contributed by atoms with Crippen LogP contribution < -0.4 is 10.7 Å². The number of carbonyl (C=O) groups is 1. The standard InChI is InChI=1S/C20H24FN3O2/c1-12-17-15(24-23-14-10-8-13(21)9-11-14)6-5-7-16(17)26-18(12)19(25)22-20(2,3)4/h8-11,23H,5-7H2,1-4H3,(H,22,25)/b24-15+. The fourth-order valence-electron chi connectivity index (χ4n) is 3.05. The van der Waals surface area contributed by atoms with Crippen LogP contribution in [0.4, 0.5) is 10.1 Å². The molecule has 138 valence electrons. The fourth-order valence-corrected chi connectivity index (χ4v) is 3.05. The number of anilines is 1. The number of fused-ring (bicyclic) bond motifs is 1. The van der Waals surface area contributed by atoms with E-state index in [0.717, 1.165) is 41.9 Å². The molecule has 1 amide bonds. The highest BCUT2D eigenvalue weighted by molar-refractivity contribution is 6.06. The molecule has 1 aromatic carbocycles. The number of nitrogens with zero attached hydrogens (tertiary/aromatic N) is 1.